The summed E-state index contributed by atoms with van der Waals surface area (Å²) in [4.78, 5) is 2.54. The number of thioether (sulfide) groups is 1. The van der Waals surface area contributed by atoms with Crippen LogP contribution in [0.5, 0.6) is 0 Å². The van der Waals surface area contributed by atoms with Gasteiger partial charge in [-0.05, 0) is 19.2 Å². The minimum atomic E-state index is 0.473. The molecule has 0 saturated carbocycles. The number of rotatable bonds is 5. The van der Waals surface area contributed by atoms with Crippen molar-refractivity contribution >= 4 is 11.8 Å². The molecule has 0 aliphatic carbocycles. The average molecular weight is 203 g/mol. The highest BCUT2D eigenvalue weighted by atomic mass is 32.2. The lowest BCUT2D eigenvalue weighted by Gasteiger charge is -2.32. The summed E-state index contributed by atoms with van der Waals surface area (Å²) >= 11 is 1.88. The molecule has 1 saturated heterocycles. The van der Waals surface area contributed by atoms with Gasteiger partial charge in [-0.2, -0.15) is 11.8 Å². The fraction of sp³-hybridized carbons (Fsp3) is 1.00. The molecule has 13 heavy (non-hydrogen) atoms. The molecule has 0 spiro atoms. The molecule has 1 aliphatic heterocycles. The third-order valence-corrected chi connectivity index (χ3v) is 3.11. The van der Waals surface area contributed by atoms with Crippen molar-refractivity contribution in [2.45, 2.75) is 25.9 Å². The van der Waals surface area contributed by atoms with Crippen LogP contribution in [0.1, 0.15) is 19.8 Å². The van der Waals surface area contributed by atoms with E-state index in [1.165, 1.54) is 19.4 Å². The Morgan fingerprint density at radius 1 is 1.54 bits per heavy atom. The van der Waals surface area contributed by atoms with E-state index in [4.69, 9.17) is 4.74 Å². The second-order valence-corrected chi connectivity index (χ2v) is 4.51. The maximum atomic E-state index is 5.67. The Balaban J connectivity index is 2.16. The summed E-state index contributed by atoms with van der Waals surface area (Å²) in [5.41, 5.74) is 0. The summed E-state index contributed by atoms with van der Waals surface area (Å²) in [5.74, 6) is 1.14. The molecule has 1 rings (SSSR count). The van der Waals surface area contributed by atoms with Gasteiger partial charge in [-0.3, -0.25) is 4.90 Å². The van der Waals surface area contributed by atoms with Crippen LogP contribution >= 0.6 is 11.8 Å². The van der Waals surface area contributed by atoms with Gasteiger partial charge in [0.1, 0.15) is 0 Å². The van der Waals surface area contributed by atoms with Gasteiger partial charge < -0.3 is 4.74 Å². The van der Waals surface area contributed by atoms with Crippen LogP contribution in [0.15, 0.2) is 0 Å². The molecule has 0 bridgehead atoms. The summed E-state index contributed by atoms with van der Waals surface area (Å²) < 4.78 is 5.67. The number of hydrogen-bond donors (Lipinski definition) is 0. The maximum absolute atomic E-state index is 5.67. The van der Waals surface area contributed by atoms with Crippen LogP contribution in [0, 0.1) is 0 Å². The van der Waals surface area contributed by atoms with Crippen molar-refractivity contribution in [2.24, 2.45) is 0 Å². The molecule has 0 aromatic carbocycles. The molecule has 0 amide bonds. The van der Waals surface area contributed by atoms with E-state index >= 15 is 0 Å². The molecule has 78 valence electrons. The summed E-state index contributed by atoms with van der Waals surface area (Å²) in [7, 11) is 0. The van der Waals surface area contributed by atoms with E-state index in [9.17, 15) is 0 Å². The lowest BCUT2D eigenvalue weighted by molar-refractivity contribution is -0.0159. The SMILES string of the molecule is CCCCN1CCOC(CSC)C1. The Hall–Kier alpha value is 0.270. The van der Waals surface area contributed by atoms with E-state index in [0.29, 0.717) is 6.10 Å². The predicted molar refractivity (Wildman–Crippen MR) is 59.5 cm³/mol. The molecule has 1 unspecified atom stereocenters. The average Bonchev–Trinajstić information content (AvgIpc) is 2.16. The Labute approximate surface area is 86.0 Å². The van der Waals surface area contributed by atoms with Gasteiger partial charge in [-0.15, -0.1) is 0 Å². The number of hydrogen-bond acceptors (Lipinski definition) is 3. The van der Waals surface area contributed by atoms with Crippen LogP contribution in [-0.2, 0) is 4.74 Å². The van der Waals surface area contributed by atoms with Gasteiger partial charge in [0.2, 0.25) is 0 Å². The van der Waals surface area contributed by atoms with E-state index in [1.807, 2.05) is 11.8 Å². The smallest absolute Gasteiger partial charge is 0.0792 e. The van der Waals surface area contributed by atoms with Gasteiger partial charge in [0.05, 0.1) is 12.7 Å². The van der Waals surface area contributed by atoms with E-state index in [2.05, 4.69) is 18.1 Å². The number of unbranched alkanes of at least 4 members (excludes halogenated alkanes) is 1. The Morgan fingerprint density at radius 3 is 3.08 bits per heavy atom. The lowest BCUT2D eigenvalue weighted by Crippen LogP contribution is -2.43. The molecule has 0 radical (unpaired) electrons. The van der Waals surface area contributed by atoms with E-state index in [1.54, 1.807) is 0 Å². The first-order chi connectivity index (χ1) is 6.36. The zero-order valence-electron chi connectivity index (χ0n) is 8.79. The number of nitrogens with zero attached hydrogens (tertiary/aromatic N) is 1. The molecule has 3 heteroatoms. The van der Waals surface area contributed by atoms with Crippen LogP contribution in [0.2, 0.25) is 0 Å². The van der Waals surface area contributed by atoms with Crippen molar-refractivity contribution in [1.82, 2.24) is 4.90 Å². The van der Waals surface area contributed by atoms with Crippen LogP contribution in [-0.4, -0.2) is 49.3 Å². The summed E-state index contributed by atoms with van der Waals surface area (Å²) in [5, 5.41) is 0. The zero-order chi connectivity index (χ0) is 9.52. The van der Waals surface area contributed by atoms with Crippen LogP contribution in [0.3, 0.4) is 0 Å². The Morgan fingerprint density at radius 2 is 2.38 bits per heavy atom. The molecule has 1 atom stereocenters. The number of morpholine rings is 1. The Bertz CT molecular complexity index is 130. The van der Waals surface area contributed by atoms with Crippen LogP contribution in [0.25, 0.3) is 0 Å². The molecular weight excluding hydrogens is 182 g/mol. The highest BCUT2D eigenvalue weighted by Gasteiger charge is 2.18. The van der Waals surface area contributed by atoms with Crippen LogP contribution < -0.4 is 0 Å². The van der Waals surface area contributed by atoms with Gasteiger partial charge in [0.25, 0.3) is 0 Å². The quantitative estimate of drug-likeness (QED) is 0.676. The van der Waals surface area contributed by atoms with Crippen molar-refractivity contribution in [3.05, 3.63) is 0 Å². The van der Waals surface area contributed by atoms with Gasteiger partial charge in [-0.1, -0.05) is 13.3 Å². The molecule has 1 heterocycles. The second kappa shape index (κ2) is 6.68. The number of ether oxygens (including phenoxy) is 1. The van der Waals surface area contributed by atoms with E-state index in [0.717, 1.165) is 25.4 Å². The summed E-state index contributed by atoms with van der Waals surface area (Å²) in [6, 6.07) is 0. The van der Waals surface area contributed by atoms with Crippen molar-refractivity contribution in [3.63, 3.8) is 0 Å². The fourth-order valence-electron chi connectivity index (χ4n) is 1.65. The first-order valence-electron chi connectivity index (χ1n) is 5.19. The van der Waals surface area contributed by atoms with Gasteiger partial charge in [0.15, 0.2) is 0 Å². The third kappa shape index (κ3) is 4.34. The van der Waals surface area contributed by atoms with Crippen molar-refractivity contribution < 1.29 is 4.74 Å². The molecule has 0 N–H and O–H groups in total. The molecule has 0 aromatic heterocycles. The zero-order valence-corrected chi connectivity index (χ0v) is 9.61. The monoisotopic (exact) mass is 203 g/mol. The minimum Gasteiger partial charge on any atom is -0.375 e. The molecule has 2 nitrogen and oxygen atoms in total. The highest BCUT2D eigenvalue weighted by molar-refractivity contribution is 7.98. The van der Waals surface area contributed by atoms with Crippen molar-refractivity contribution in [3.8, 4) is 0 Å². The lowest BCUT2D eigenvalue weighted by atomic mass is 10.2. The normalized spacial score (nSPS) is 24.9. The Kier molecular flexibility index (Phi) is 5.83. The summed E-state index contributed by atoms with van der Waals surface area (Å²) in [6.07, 6.45) is 5.24. The topological polar surface area (TPSA) is 12.5 Å². The van der Waals surface area contributed by atoms with Crippen LogP contribution in [0.4, 0.5) is 0 Å². The maximum Gasteiger partial charge on any atom is 0.0792 e. The minimum absolute atomic E-state index is 0.473. The van der Waals surface area contributed by atoms with Gasteiger partial charge in [0, 0.05) is 18.8 Å². The largest absolute Gasteiger partial charge is 0.375 e. The highest BCUT2D eigenvalue weighted by Crippen LogP contribution is 2.10. The molecule has 1 aliphatic rings. The van der Waals surface area contributed by atoms with E-state index < -0.39 is 0 Å². The first kappa shape index (κ1) is 11.3. The van der Waals surface area contributed by atoms with Crippen molar-refractivity contribution in [2.75, 3.05) is 38.2 Å². The molecule has 1 fully saturated rings. The first-order valence-corrected chi connectivity index (χ1v) is 6.59. The molecular formula is C10H21NOS. The fourth-order valence-corrected chi connectivity index (χ4v) is 2.23. The van der Waals surface area contributed by atoms with E-state index in [-0.39, 0.29) is 0 Å². The van der Waals surface area contributed by atoms with Crippen molar-refractivity contribution in [1.29, 1.82) is 0 Å². The molecule has 0 aromatic rings. The third-order valence-electron chi connectivity index (χ3n) is 2.40. The standard InChI is InChI=1S/C10H21NOS/c1-3-4-5-11-6-7-12-10(8-11)9-13-2/h10H,3-9H2,1-2H3. The predicted octanol–water partition coefficient (Wildman–Crippen LogP) is 1.85. The van der Waals surface area contributed by atoms with Gasteiger partial charge >= 0.3 is 0 Å². The summed E-state index contributed by atoms with van der Waals surface area (Å²) in [6.45, 7) is 6.70. The second-order valence-electron chi connectivity index (χ2n) is 3.60. The van der Waals surface area contributed by atoms with Gasteiger partial charge in [-0.25, -0.2) is 0 Å².